The number of rotatable bonds is 7. The molecule has 0 saturated heterocycles. The lowest BCUT2D eigenvalue weighted by atomic mass is 9.91. The van der Waals surface area contributed by atoms with Gasteiger partial charge in [-0.2, -0.15) is 0 Å². The number of ketones is 1. The summed E-state index contributed by atoms with van der Waals surface area (Å²) in [6.45, 7) is 6.09. The van der Waals surface area contributed by atoms with Gasteiger partial charge in [-0.25, -0.2) is 4.57 Å². The second kappa shape index (κ2) is 9.16. The summed E-state index contributed by atoms with van der Waals surface area (Å²) in [7, 11) is 5.67. The molecule has 1 heterocycles. The highest BCUT2D eigenvalue weighted by Gasteiger charge is 2.27. The molecule has 0 bridgehead atoms. The Morgan fingerprint density at radius 3 is 2.48 bits per heavy atom. The van der Waals surface area contributed by atoms with Gasteiger partial charge in [0, 0.05) is 25.2 Å². The normalized spacial score (nSPS) is 11.7. The summed E-state index contributed by atoms with van der Waals surface area (Å²) in [5.74, 6) is 1.72. The molecule has 1 aromatic heterocycles. The van der Waals surface area contributed by atoms with Crippen LogP contribution in [0.3, 0.4) is 0 Å². The number of nitrogens with zero attached hydrogens (tertiary/aromatic N) is 4. The molecule has 0 aliphatic carbocycles. The van der Waals surface area contributed by atoms with E-state index in [1.54, 1.807) is 11.8 Å². The summed E-state index contributed by atoms with van der Waals surface area (Å²) < 4.78 is 9.14. The van der Waals surface area contributed by atoms with Gasteiger partial charge in [-0.1, -0.05) is 44.1 Å². The Morgan fingerprint density at radius 2 is 1.87 bits per heavy atom. The zero-order valence-electron chi connectivity index (χ0n) is 19.2. The number of aromatic nitrogens is 2. The highest BCUT2D eigenvalue weighted by molar-refractivity contribution is 5.82. The van der Waals surface area contributed by atoms with Gasteiger partial charge in [-0.3, -0.25) is 4.79 Å². The summed E-state index contributed by atoms with van der Waals surface area (Å²) in [5, 5.41) is 4.68. The molecule has 0 unspecified atom stereocenters. The molecule has 0 fully saturated rings. The van der Waals surface area contributed by atoms with Gasteiger partial charge >= 0.3 is 5.82 Å². The second-order valence-electron chi connectivity index (χ2n) is 8.73. The van der Waals surface area contributed by atoms with Crippen LogP contribution in [0.5, 0.6) is 5.75 Å². The van der Waals surface area contributed by atoms with Crippen LogP contribution in [-0.2, 0) is 11.3 Å². The Bertz CT molecular complexity index is 1070. The molecule has 162 valence electrons. The third-order valence-corrected chi connectivity index (χ3v) is 5.10. The van der Waals surface area contributed by atoms with Crippen LogP contribution >= 0.6 is 0 Å². The smallest absolute Gasteiger partial charge is 0.314 e. The molecule has 31 heavy (non-hydrogen) atoms. The van der Waals surface area contributed by atoms with E-state index >= 15 is 0 Å². The van der Waals surface area contributed by atoms with Crippen LogP contribution < -0.4 is 14.2 Å². The predicted molar refractivity (Wildman–Crippen MR) is 125 cm³/mol. The van der Waals surface area contributed by atoms with E-state index in [2.05, 4.69) is 22.1 Å². The van der Waals surface area contributed by atoms with Crippen molar-refractivity contribution in [3.05, 3.63) is 66.5 Å². The summed E-state index contributed by atoms with van der Waals surface area (Å²) in [4.78, 5) is 14.8. The van der Waals surface area contributed by atoms with Crippen LogP contribution in [0.15, 0.2) is 66.0 Å². The molecule has 0 aliphatic rings. The summed E-state index contributed by atoms with van der Waals surface area (Å²) in [5.41, 5.74) is 2.63. The number of imidazole rings is 1. The first-order valence-electron chi connectivity index (χ1n) is 10.3. The molecular weight excluding hydrogens is 388 g/mol. The van der Waals surface area contributed by atoms with Crippen LogP contribution in [0.4, 0.5) is 5.69 Å². The molecule has 0 N–H and O–H groups in total. The molecule has 3 rings (SSSR count). The SMILES string of the molecule is COc1cccc(-c2n(/N=C\c3ccc(N(C)C)cc3)cc[n+]2CC(=O)C(C)(C)C)c1. The number of carbonyl (C=O) groups is 1. The van der Waals surface area contributed by atoms with E-state index in [4.69, 9.17) is 4.74 Å². The highest BCUT2D eigenvalue weighted by Crippen LogP contribution is 2.23. The van der Waals surface area contributed by atoms with Crippen LogP contribution in [0.2, 0.25) is 0 Å². The fourth-order valence-electron chi connectivity index (χ4n) is 3.08. The summed E-state index contributed by atoms with van der Waals surface area (Å²) in [6, 6.07) is 16.0. The third kappa shape index (κ3) is 5.40. The van der Waals surface area contributed by atoms with Crippen LogP contribution in [0.25, 0.3) is 11.4 Å². The van der Waals surface area contributed by atoms with Crippen molar-refractivity contribution in [3.63, 3.8) is 0 Å². The molecule has 2 aromatic carbocycles. The number of hydrogen-bond donors (Lipinski definition) is 0. The average molecular weight is 420 g/mol. The lowest BCUT2D eigenvalue weighted by Gasteiger charge is -2.15. The van der Waals surface area contributed by atoms with Crippen molar-refractivity contribution in [2.45, 2.75) is 27.3 Å². The van der Waals surface area contributed by atoms with Gasteiger partial charge in [0.1, 0.15) is 18.5 Å². The largest absolute Gasteiger partial charge is 0.497 e. The number of ether oxygens (including phenoxy) is 1. The van der Waals surface area contributed by atoms with E-state index in [9.17, 15) is 4.79 Å². The van der Waals surface area contributed by atoms with Gasteiger partial charge in [0.25, 0.3) is 0 Å². The number of methoxy groups -OCH3 is 1. The third-order valence-electron chi connectivity index (χ3n) is 5.10. The Balaban J connectivity index is 2.00. The van der Waals surface area contributed by atoms with Gasteiger partial charge in [-0.15, -0.1) is 4.68 Å². The molecule has 0 aliphatic heterocycles. The number of Topliss-reactive ketones (excluding diaryl/α,β-unsaturated/α-hetero) is 1. The van der Waals surface area contributed by atoms with Crippen LogP contribution in [0, 0.1) is 5.41 Å². The minimum atomic E-state index is -0.418. The molecule has 0 atom stereocenters. The maximum Gasteiger partial charge on any atom is 0.314 e. The fourth-order valence-corrected chi connectivity index (χ4v) is 3.08. The lowest BCUT2D eigenvalue weighted by Crippen LogP contribution is -2.42. The Labute approximate surface area is 184 Å². The highest BCUT2D eigenvalue weighted by atomic mass is 16.5. The first kappa shape index (κ1) is 22.3. The Hall–Kier alpha value is -3.41. The van der Waals surface area contributed by atoms with Gasteiger partial charge in [0.2, 0.25) is 0 Å². The quantitative estimate of drug-likeness (QED) is 0.429. The van der Waals surface area contributed by atoms with E-state index in [1.165, 1.54) is 0 Å². The number of hydrogen-bond acceptors (Lipinski definition) is 4. The van der Waals surface area contributed by atoms with Gasteiger partial charge in [-0.05, 0) is 35.9 Å². The van der Waals surface area contributed by atoms with E-state index in [0.29, 0.717) is 0 Å². The van der Waals surface area contributed by atoms with Crippen LogP contribution in [0.1, 0.15) is 26.3 Å². The zero-order chi connectivity index (χ0) is 22.6. The maximum atomic E-state index is 12.7. The lowest BCUT2D eigenvalue weighted by molar-refractivity contribution is -0.673. The van der Waals surface area contributed by atoms with Crippen LogP contribution in [-0.4, -0.2) is 37.9 Å². The molecular formula is C25H31N4O2+. The predicted octanol–water partition coefficient (Wildman–Crippen LogP) is 4.01. The zero-order valence-corrected chi connectivity index (χ0v) is 19.2. The van der Waals surface area contributed by atoms with Crippen molar-refractivity contribution >= 4 is 17.7 Å². The van der Waals surface area contributed by atoms with Crippen molar-refractivity contribution in [2.75, 3.05) is 26.1 Å². The first-order valence-corrected chi connectivity index (χ1v) is 10.3. The molecule has 0 radical (unpaired) electrons. The monoisotopic (exact) mass is 419 g/mol. The minimum absolute atomic E-state index is 0.155. The molecule has 0 spiro atoms. The Kier molecular flexibility index (Phi) is 6.59. The van der Waals surface area contributed by atoms with Gasteiger partial charge in [0.05, 0.1) is 18.9 Å². The van der Waals surface area contributed by atoms with Crippen molar-refractivity contribution in [1.82, 2.24) is 4.68 Å². The van der Waals surface area contributed by atoms with Crippen molar-refractivity contribution in [3.8, 4) is 17.1 Å². The number of anilines is 1. The fraction of sp³-hybridized carbons (Fsp3) is 0.320. The first-order chi connectivity index (χ1) is 14.7. The standard InChI is InChI=1S/C25H31N4O2/c1-25(2,3)23(30)18-28-14-15-29(24(28)20-8-7-9-22(16-20)31-6)26-17-19-10-12-21(13-11-19)27(4)5/h7-17H,18H2,1-6H3/q+1/b26-17-. The topological polar surface area (TPSA) is 50.7 Å². The molecule has 0 amide bonds. The molecule has 3 aromatic rings. The van der Waals surface area contributed by atoms with Crippen molar-refractivity contribution in [2.24, 2.45) is 10.5 Å². The summed E-state index contributed by atoms with van der Waals surface area (Å²) >= 11 is 0. The maximum absolute atomic E-state index is 12.7. The molecule has 6 nitrogen and oxygen atoms in total. The molecule has 0 saturated carbocycles. The van der Waals surface area contributed by atoms with Gasteiger partial charge < -0.3 is 9.64 Å². The number of carbonyl (C=O) groups excluding carboxylic acids is 1. The van der Waals surface area contributed by atoms with Crippen molar-refractivity contribution in [1.29, 1.82) is 0 Å². The second-order valence-corrected chi connectivity index (χ2v) is 8.73. The van der Waals surface area contributed by atoms with E-state index in [0.717, 1.165) is 28.4 Å². The van der Waals surface area contributed by atoms with E-state index in [1.807, 2.05) is 94.4 Å². The average Bonchev–Trinajstić information content (AvgIpc) is 3.14. The summed E-state index contributed by atoms with van der Waals surface area (Å²) in [6.07, 6.45) is 5.58. The Morgan fingerprint density at radius 1 is 1.16 bits per heavy atom. The van der Waals surface area contributed by atoms with E-state index < -0.39 is 5.41 Å². The number of benzene rings is 2. The molecule has 6 heteroatoms. The minimum Gasteiger partial charge on any atom is -0.497 e. The van der Waals surface area contributed by atoms with Gasteiger partial charge in [0.15, 0.2) is 12.0 Å². The van der Waals surface area contributed by atoms with E-state index in [-0.39, 0.29) is 12.3 Å². The van der Waals surface area contributed by atoms with Crippen molar-refractivity contribution < 1.29 is 14.1 Å².